The topological polar surface area (TPSA) is 71.6 Å². The zero-order valence-electron chi connectivity index (χ0n) is 31.5. The second kappa shape index (κ2) is 15.0. The molecule has 2 fully saturated rings. The molecule has 9 heteroatoms. The van der Waals surface area contributed by atoms with Crippen molar-refractivity contribution in [3.8, 4) is 0 Å². The van der Waals surface area contributed by atoms with Crippen molar-refractivity contribution < 1.29 is 13.6 Å². The van der Waals surface area contributed by atoms with E-state index < -0.39 is 6.04 Å². The highest BCUT2D eigenvalue weighted by atomic mass is 16.4. The van der Waals surface area contributed by atoms with Crippen LogP contribution >= 0.6 is 0 Å². The molecule has 0 bridgehead atoms. The molecule has 3 aliphatic rings. The Balaban J connectivity index is 0.866. The van der Waals surface area contributed by atoms with Crippen LogP contribution in [0.15, 0.2) is 142 Å². The van der Waals surface area contributed by atoms with E-state index in [-0.39, 0.29) is 5.91 Å². The molecule has 1 amide bonds. The first-order valence-corrected chi connectivity index (χ1v) is 19.9. The van der Waals surface area contributed by atoms with Gasteiger partial charge in [0, 0.05) is 94.1 Å². The fraction of sp³-hybridized carbons (Fsp3) is 0.255. The monoisotopic (exact) mass is 742 g/mol. The van der Waals surface area contributed by atoms with Crippen LogP contribution in [-0.2, 0) is 19.6 Å². The van der Waals surface area contributed by atoms with E-state index in [2.05, 4.69) is 134 Å². The fourth-order valence-corrected chi connectivity index (χ4v) is 8.68. The normalized spacial score (nSPS) is 18.1. The summed E-state index contributed by atoms with van der Waals surface area (Å²) in [5, 5.41) is 3.64. The lowest BCUT2D eigenvalue weighted by Gasteiger charge is -2.36. The molecule has 10 rings (SSSR count). The third-order valence-electron chi connectivity index (χ3n) is 11.7. The van der Waals surface area contributed by atoms with E-state index in [1.807, 2.05) is 24.3 Å². The molecule has 2 saturated heterocycles. The molecule has 0 saturated carbocycles. The lowest BCUT2D eigenvalue weighted by molar-refractivity contribution is 0.0491. The number of furan rings is 2. The van der Waals surface area contributed by atoms with Crippen LogP contribution < -0.4 is 15.2 Å². The Kier molecular flexibility index (Phi) is 9.26. The van der Waals surface area contributed by atoms with Crippen LogP contribution in [0, 0.1) is 0 Å². The number of hydrazine groups is 1. The Bertz CT molecular complexity index is 2460. The van der Waals surface area contributed by atoms with Gasteiger partial charge in [-0.05, 0) is 70.8 Å². The van der Waals surface area contributed by atoms with Crippen LogP contribution in [0.4, 0.5) is 11.4 Å². The quantitative estimate of drug-likeness (QED) is 0.168. The predicted molar refractivity (Wildman–Crippen MR) is 222 cm³/mol. The van der Waals surface area contributed by atoms with Crippen LogP contribution in [0.2, 0.25) is 0 Å². The minimum absolute atomic E-state index is 0.230. The second-order valence-corrected chi connectivity index (χ2v) is 15.3. The maximum absolute atomic E-state index is 14.5. The highest BCUT2D eigenvalue weighted by Crippen LogP contribution is 2.38. The molecule has 9 nitrogen and oxygen atoms in total. The van der Waals surface area contributed by atoms with E-state index in [0.29, 0.717) is 23.6 Å². The van der Waals surface area contributed by atoms with Gasteiger partial charge in [-0.15, -0.1) is 0 Å². The standard InChI is InChI=1S/C47H46N6O3/c54-47(45-30-38-28-40(16-18-43(38)56-45)52-25-21-50(22-26-52)33-35-11-5-2-6-12-35)53-46(41-14-8-7-13-36(41)31-48-53)44-29-37-27-39(15-17-42(37)55-44)51-23-19-49(20-24-51)32-34-9-3-1-4-10-34/h1-18,27-30,46,48H,19-26,31-33H2. The lowest BCUT2D eigenvalue weighted by atomic mass is 9.95. The third kappa shape index (κ3) is 6.94. The van der Waals surface area contributed by atoms with Crippen LogP contribution in [0.5, 0.6) is 0 Å². The van der Waals surface area contributed by atoms with Gasteiger partial charge in [0.2, 0.25) is 0 Å². The van der Waals surface area contributed by atoms with E-state index in [9.17, 15) is 4.79 Å². The number of benzene rings is 5. The smallest absolute Gasteiger partial charge is 0.304 e. The van der Waals surface area contributed by atoms with Gasteiger partial charge in [0.05, 0.1) is 0 Å². The lowest BCUT2D eigenvalue weighted by Crippen LogP contribution is -2.48. The van der Waals surface area contributed by atoms with E-state index in [4.69, 9.17) is 8.83 Å². The van der Waals surface area contributed by atoms with Crippen molar-refractivity contribution in [2.45, 2.75) is 25.7 Å². The number of nitrogens with one attached hydrogen (secondary N) is 1. The summed E-state index contributed by atoms with van der Waals surface area (Å²) in [6.07, 6.45) is 0. The number of piperazine rings is 2. The first kappa shape index (κ1) is 34.6. The van der Waals surface area contributed by atoms with Crippen LogP contribution in [0.3, 0.4) is 0 Å². The maximum Gasteiger partial charge on any atom is 0.304 e. The Hall–Kier alpha value is -5.87. The summed E-state index contributed by atoms with van der Waals surface area (Å²) >= 11 is 0. The summed E-state index contributed by atoms with van der Waals surface area (Å²) in [4.78, 5) is 24.4. The third-order valence-corrected chi connectivity index (χ3v) is 11.7. The average Bonchev–Trinajstić information content (AvgIpc) is 3.88. The highest BCUT2D eigenvalue weighted by molar-refractivity contribution is 5.97. The number of fused-ring (bicyclic) bond motifs is 3. The zero-order valence-corrected chi connectivity index (χ0v) is 31.5. The molecule has 5 heterocycles. The van der Waals surface area contributed by atoms with E-state index in [0.717, 1.165) is 98.6 Å². The molecule has 1 unspecified atom stereocenters. The van der Waals surface area contributed by atoms with Gasteiger partial charge < -0.3 is 18.6 Å². The Labute approximate surface area is 327 Å². The van der Waals surface area contributed by atoms with Gasteiger partial charge in [0.15, 0.2) is 5.76 Å². The van der Waals surface area contributed by atoms with E-state index >= 15 is 0 Å². The number of hydrogen-bond donors (Lipinski definition) is 1. The molecule has 1 atom stereocenters. The average molecular weight is 743 g/mol. The SMILES string of the molecule is O=C(c1cc2cc(N3CCN(Cc4ccccc4)CC3)ccc2o1)N1NCc2ccccc2C1c1cc2cc(N3CCN(Cc4ccccc4)CC3)ccc2o1. The Morgan fingerprint density at radius 3 is 1.71 bits per heavy atom. The molecule has 1 N–H and O–H groups in total. The van der Waals surface area contributed by atoms with Gasteiger partial charge in [-0.2, -0.15) is 0 Å². The second-order valence-electron chi connectivity index (χ2n) is 15.3. The molecule has 0 aliphatic carbocycles. The molecule has 282 valence electrons. The van der Waals surface area contributed by atoms with Gasteiger partial charge in [0.1, 0.15) is 23.0 Å². The van der Waals surface area contributed by atoms with E-state index in [1.54, 1.807) is 5.01 Å². The van der Waals surface area contributed by atoms with Crippen LogP contribution in [0.25, 0.3) is 21.9 Å². The zero-order chi connectivity index (χ0) is 37.4. The largest absolute Gasteiger partial charge is 0.458 e. The number of carbonyl (C=O) groups is 1. The first-order valence-electron chi connectivity index (χ1n) is 19.9. The molecule has 56 heavy (non-hydrogen) atoms. The summed E-state index contributed by atoms with van der Waals surface area (Å²) in [5.41, 5.74) is 12.1. The van der Waals surface area contributed by atoms with Gasteiger partial charge >= 0.3 is 5.91 Å². The molecule has 0 spiro atoms. The molecular formula is C47H46N6O3. The van der Waals surface area contributed by atoms with Crippen LogP contribution in [0.1, 0.15) is 44.6 Å². The van der Waals surface area contributed by atoms with Crippen molar-refractivity contribution in [1.29, 1.82) is 0 Å². The number of nitrogens with zero attached hydrogens (tertiary/aromatic N) is 5. The van der Waals surface area contributed by atoms with Gasteiger partial charge in [0.25, 0.3) is 0 Å². The molecular weight excluding hydrogens is 697 g/mol. The number of hydrogen-bond acceptors (Lipinski definition) is 8. The summed E-state index contributed by atoms with van der Waals surface area (Å²) < 4.78 is 12.9. The fourth-order valence-electron chi connectivity index (χ4n) is 8.68. The number of carbonyl (C=O) groups excluding carboxylic acids is 1. The molecule has 3 aliphatic heterocycles. The number of anilines is 2. The molecule has 2 aromatic heterocycles. The molecule has 0 radical (unpaired) electrons. The van der Waals surface area contributed by atoms with Crippen molar-refractivity contribution in [2.24, 2.45) is 0 Å². The van der Waals surface area contributed by atoms with Crippen molar-refractivity contribution in [3.63, 3.8) is 0 Å². The van der Waals surface area contributed by atoms with Crippen LogP contribution in [-0.4, -0.2) is 73.1 Å². The van der Waals surface area contributed by atoms with Crippen molar-refractivity contribution in [2.75, 3.05) is 62.2 Å². The Morgan fingerprint density at radius 1 is 0.571 bits per heavy atom. The number of rotatable bonds is 8. The van der Waals surface area contributed by atoms with Crippen molar-refractivity contribution >= 4 is 39.2 Å². The summed E-state index contributed by atoms with van der Waals surface area (Å²) in [5.74, 6) is 0.778. The summed E-state index contributed by atoms with van der Waals surface area (Å²) in [7, 11) is 0. The van der Waals surface area contributed by atoms with Gasteiger partial charge in [-0.3, -0.25) is 19.6 Å². The molecule has 5 aromatic carbocycles. The minimum Gasteiger partial charge on any atom is -0.458 e. The summed E-state index contributed by atoms with van der Waals surface area (Å²) in [6.45, 7) is 10.3. The van der Waals surface area contributed by atoms with Gasteiger partial charge in [-0.25, -0.2) is 5.43 Å². The van der Waals surface area contributed by atoms with E-state index in [1.165, 1.54) is 16.8 Å². The van der Waals surface area contributed by atoms with Gasteiger partial charge in [-0.1, -0.05) is 84.9 Å². The summed E-state index contributed by atoms with van der Waals surface area (Å²) in [6, 6.07) is 45.9. The molecule has 7 aromatic rings. The van der Waals surface area contributed by atoms with Crippen molar-refractivity contribution in [1.82, 2.24) is 20.2 Å². The Morgan fingerprint density at radius 2 is 1.11 bits per heavy atom. The number of amides is 1. The highest BCUT2D eigenvalue weighted by Gasteiger charge is 2.36. The van der Waals surface area contributed by atoms with Crippen molar-refractivity contribution in [3.05, 3.63) is 167 Å². The minimum atomic E-state index is -0.471. The maximum atomic E-state index is 14.5. The predicted octanol–water partition coefficient (Wildman–Crippen LogP) is 8.07. The first-order chi connectivity index (χ1) is 27.6.